The van der Waals surface area contributed by atoms with E-state index in [1.807, 2.05) is 13.8 Å². The van der Waals surface area contributed by atoms with Crippen molar-refractivity contribution in [3.05, 3.63) is 0 Å². The number of hydrogen-bond acceptors (Lipinski definition) is 2. The lowest BCUT2D eigenvalue weighted by molar-refractivity contribution is -0.133. The van der Waals surface area contributed by atoms with E-state index in [1.54, 1.807) is 6.92 Å². The van der Waals surface area contributed by atoms with Gasteiger partial charge in [0.05, 0.1) is 5.41 Å². The molecule has 0 N–H and O–H groups in total. The molecule has 1 saturated carbocycles. The van der Waals surface area contributed by atoms with E-state index in [-0.39, 0.29) is 11.7 Å². The number of Topliss-reactive ketones (excluding diaryl/α,β-unsaturated/α-hetero) is 1. The predicted octanol–water partition coefficient (Wildman–Crippen LogP) is 1.83. The highest BCUT2D eigenvalue weighted by atomic mass is 16.1. The normalized spacial score (nSPS) is 36.0. The van der Waals surface area contributed by atoms with Crippen LogP contribution < -0.4 is 0 Å². The van der Waals surface area contributed by atoms with Gasteiger partial charge in [-0.1, -0.05) is 13.8 Å². The molecule has 0 bridgehead atoms. The Morgan fingerprint density at radius 1 is 1.58 bits per heavy atom. The van der Waals surface area contributed by atoms with Crippen LogP contribution in [0.2, 0.25) is 0 Å². The zero-order valence-electron chi connectivity index (χ0n) is 7.96. The predicted molar refractivity (Wildman–Crippen MR) is 46.7 cm³/mol. The van der Waals surface area contributed by atoms with E-state index >= 15 is 0 Å². The zero-order valence-corrected chi connectivity index (χ0v) is 7.96. The highest BCUT2D eigenvalue weighted by molar-refractivity contribution is 6.00. The summed E-state index contributed by atoms with van der Waals surface area (Å²) >= 11 is 0. The van der Waals surface area contributed by atoms with Crippen molar-refractivity contribution < 1.29 is 9.59 Å². The maximum Gasteiger partial charge on any atom is 0.149 e. The standard InChI is InChI=1S/C10H16O2/c1-7(2)8-4-5-10(3,6-11)9(8)12/h6-8H,4-5H2,1-3H3. The first-order valence-electron chi connectivity index (χ1n) is 4.52. The van der Waals surface area contributed by atoms with Crippen molar-refractivity contribution in [2.75, 3.05) is 0 Å². The van der Waals surface area contributed by atoms with Crippen LogP contribution in [0, 0.1) is 17.3 Å². The summed E-state index contributed by atoms with van der Waals surface area (Å²) in [6.45, 7) is 5.84. The molecule has 12 heavy (non-hydrogen) atoms. The minimum Gasteiger partial charge on any atom is -0.302 e. The van der Waals surface area contributed by atoms with Crippen LogP contribution in [0.4, 0.5) is 0 Å². The Hall–Kier alpha value is -0.660. The van der Waals surface area contributed by atoms with E-state index in [1.165, 1.54) is 0 Å². The summed E-state index contributed by atoms with van der Waals surface area (Å²) < 4.78 is 0. The Kier molecular flexibility index (Phi) is 2.36. The average molecular weight is 168 g/mol. The number of carbonyl (C=O) groups excluding carboxylic acids is 2. The SMILES string of the molecule is CC(C)C1CCC(C)(C=O)C1=O. The number of ketones is 1. The van der Waals surface area contributed by atoms with Crippen molar-refractivity contribution >= 4 is 12.1 Å². The molecule has 2 atom stereocenters. The molecule has 1 rings (SSSR count). The molecule has 0 heterocycles. The second-order valence-electron chi connectivity index (χ2n) is 4.29. The van der Waals surface area contributed by atoms with Gasteiger partial charge in [-0.15, -0.1) is 0 Å². The lowest BCUT2D eigenvalue weighted by atomic mass is 9.85. The third-order valence-corrected chi connectivity index (χ3v) is 2.94. The van der Waals surface area contributed by atoms with Crippen LogP contribution in [0.25, 0.3) is 0 Å². The molecule has 1 aliphatic rings. The lowest BCUT2D eigenvalue weighted by Gasteiger charge is -2.16. The smallest absolute Gasteiger partial charge is 0.149 e. The molecule has 0 aromatic carbocycles. The van der Waals surface area contributed by atoms with Gasteiger partial charge in [-0.3, -0.25) is 4.79 Å². The van der Waals surface area contributed by atoms with E-state index in [0.29, 0.717) is 5.92 Å². The van der Waals surface area contributed by atoms with Gasteiger partial charge in [0.15, 0.2) is 0 Å². The summed E-state index contributed by atoms with van der Waals surface area (Å²) in [6, 6.07) is 0. The third-order valence-electron chi connectivity index (χ3n) is 2.94. The maximum atomic E-state index is 11.7. The molecule has 0 aromatic rings. The van der Waals surface area contributed by atoms with Gasteiger partial charge in [0, 0.05) is 5.92 Å². The highest BCUT2D eigenvalue weighted by Crippen LogP contribution is 2.39. The second kappa shape index (κ2) is 3.00. The van der Waals surface area contributed by atoms with Crippen molar-refractivity contribution in [1.29, 1.82) is 0 Å². The van der Waals surface area contributed by atoms with E-state index in [0.717, 1.165) is 19.1 Å². The monoisotopic (exact) mass is 168 g/mol. The number of carbonyl (C=O) groups is 2. The van der Waals surface area contributed by atoms with E-state index in [9.17, 15) is 9.59 Å². The lowest BCUT2D eigenvalue weighted by Crippen LogP contribution is -2.28. The molecule has 0 radical (unpaired) electrons. The third kappa shape index (κ3) is 1.30. The van der Waals surface area contributed by atoms with Crippen molar-refractivity contribution in [3.8, 4) is 0 Å². The Morgan fingerprint density at radius 2 is 2.17 bits per heavy atom. The fourth-order valence-electron chi connectivity index (χ4n) is 1.89. The largest absolute Gasteiger partial charge is 0.302 e. The van der Waals surface area contributed by atoms with Crippen LogP contribution in [-0.2, 0) is 9.59 Å². The molecule has 0 saturated heterocycles. The summed E-state index contributed by atoms with van der Waals surface area (Å²) in [5, 5.41) is 0. The molecule has 2 unspecified atom stereocenters. The van der Waals surface area contributed by atoms with Gasteiger partial charge in [-0.25, -0.2) is 0 Å². The summed E-state index contributed by atoms with van der Waals surface area (Å²) in [7, 11) is 0. The molecular weight excluding hydrogens is 152 g/mol. The number of hydrogen-bond donors (Lipinski definition) is 0. The molecule has 68 valence electrons. The molecule has 2 nitrogen and oxygen atoms in total. The zero-order chi connectivity index (χ0) is 9.35. The fourth-order valence-corrected chi connectivity index (χ4v) is 1.89. The maximum absolute atomic E-state index is 11.7. The van der Waals surface area contributed by atoms with Gasteiger partial charge in [0.25, 0.3) is 0 Å². The summed E-state index contributed by atoms with van der Waals surface area (Å²) in [6.07, 6.45) is 2.43. The van der Waals surface area contributed by atoms with Gasteiger partial charge < -0.3 is 4.79 Å². The first-order chi connectivity index (χ1) is 5.51. The van der Waals surface area contributed by atoms with Gasteiger partial charge in [0.2, 0.25) is 0 Å². The van der Waals surface area contributed by atoms with Gasteiger partial charge in [-0.05, 0) is 25.7 Å². The van der Waals surface area contributed by atoms with Crippen LogP contribution in [0.15, 0.2) is 0 Å². The van der Waals surface area contributed by atoms with E-state index in [4.69, 9.17) is 0 Å². The Bertz CT molecular complexity index is 208. The summed E-state index contributed by atoms with van der Waals surface area (Å²) in [5.41, 5.74) is -0.672. The van der Waals surface area contributed by atoms with Gasteiger partial charge in [0.1, 0.15) is 12.1 Å². The molecule has 0 aromatic heterocycles. The van der Waals surface area contributed by atoms with Crippen molar-refractivity contribution in [2.24, 2.45) is 17.3 Å². The van der Waals surface area contributed by atoms with Crippen molar-refractivity contribution in [2.45, 2.75) is 33.6 Å². The summed E-state index contributed by atoms with van der Waals surface area (Å²) in [5.74, 6) is 0.631. The van der Waals surface area contributed by atoms with Crippen molar-refractivity contribution in [1.82, 2.24) is 0 Å². The Labute approximate surface area is 73.3 Å². The quantitative estimate of drug-likeness (QED) is 0.465. The first kappa shape index (κ1) is 9.43. The Balaban J connectivity index is 2.80. The number of rotatable bonds is 2. The average Bonchev–Trinajstić information content (AvgIpc) is 2.30. The van der Waals surface area contributed by atoms with Crippen molar-refractivity contribution in [3.63, 3.8) is 0 Å². The van der Waals surface area contributed by atoms with Crippen LogP contribution >= 0.6 is 0 Å². The molecule has 0 amide bonds. The van der Waals surface area contributed by atoms with Crippen LogP contribution in [0.1, 0.15) is 33.6 Å². The molecule has 0 spiro atoms. The summed E-state index contributed by atoms with van der Waals surface area (Å²) in [4.78, 5) is 22.4. The van der Waals surface area contributed by atoms with E-state index in [2.05, 4.69) is 0 Å². The number of aldehydes is 1. The van der Waals surface area contributed by atoms with Gasteiger partial charge >= 0.3 is 0 Å². The van der Waals surface area contributed by atoms with Gasteiger partial charge in [-0.2, -0.15) is 0 Å². The Morgan fingerprint density at radius 3 is 2.42 bits per heavy atom. The second-order valence-corrected chi connectivity index (χ2v) is 4.29. The molecular formula is C10H16O2. The molecule has 0 aliphatic heterocycles. The molecule has 1 fully saturated rings. The highest BCUT2D eigenvalue weighted by Gasteiger charge is 2.44. The molecule has 1 aliphatic carbocycles. The minimum atomic E-state index is -0.672. The first-order valence-corrected chi connectivity index (χ1v) is 4.52. The molecule has 2 heteroatoms. The van der Waals surface area contributed by atoms with E-state index < -0.39 is 5.41 Å². The fraction of sp³-hybridized carbons (Fsp3) is 0.800. The topological polar surface area (TPSA) is 34.1 Å². The van der Waals surface area contributed by atoms with Crippen LogP contribution in [0.3, 0.4) is 0 Å². The van der Waals surface area contributed by atoms with Crippen LogP contribution in [0.5, 0.6) is 0 Å². The van der Waals surface area contributed by atoms with Crippen LogP contribution in [-0.4, -0.2) is 12.1 Å². The minimum absolute atomic E-state index is 0.111.